The molecule has 0 aliphatic carbocycles. The fourth-order valence-corrected chi connectivity index (χ4v) is 2.98. The van der Waals surface area contributed by atoms with Gasteiger partial charge >= 0.3 is 0 Å². The molecule has 1 aromatic carbocycles. The Hall–Kier alpha value is -1.14. The third-order valence-electron chi connectivity index (χ3n) is 4.36. The van der Waals surface area contributed by atoms with Crippen LogP contribution in [0.25, 0.3) is 0 Å². The average molecular weight is 337 g/mol. The molecule has 0 aromatic heterocycles. The van der Waals surface area contributed by atoms with Gasteiger partial charge < -0.3 is 24.6 Å². The van der Waals surface area contributed by atoms with Crippen molar-refractivity contribution >= 4 is 0 Å². The second kappa shape index (κ2) is 10.7. The van der Waals surface area contributed by atoms with Crippen molar-refractivity contribution in [3.8, 4) is 5.75 Å². The van der Waals surface area contributed by atoms with E-state index in [-0.39, 0.29) is 12.2 Å². The number of piperidine rings is 1. The van der Waals surface area contributed by atoms with Crippen molar-refractivity contribution in [2.45, 2.75) is 44.3 Å². The lowest BCUT2D eigenvalue weighted by atomic mass is 9.87. The molecule has 0 bridgehead atoms. The Morgan fingerprint density at radius 1 is 1.21 bits per heavy atom. The fraction of sp³-hybridized carbons (Fsp3) is 0.684. The van der Waals surface area contributed by atoms with Gasteiger partial charge in [-0.15, -0.1) is 0 Å². The van der Waals surface area contributed by atoms with E-state index >= 15 is 0 Å². The summed E-state index contributed by atoms with van der Waals surface area (Å²) in [6.45, 7) is 5.66. The summed E-state index contributed by atoms with van der Waals surface area (Å²) in [6.07, 6.45) is 2.48. The Labute approximate surface area is 145 Å². The molecule has 2 rings (SSSR count). The zero-order valence-electron chi connectivity index (χ0n) is 14.9. The van der Waals surface area contributed by atoms with Gasteiger partial charge in [-0.1, -0.05) is 12.1 Å². The van der Waals surface area contributed by atoms with E-state index in [4.69, 9.17) is 14.2 Å². The van der Waals surface area contributed by atoms with Crippen LogP contribution in [0, 0.1) is 0 Å². The van der Waals surface area contributed by atoms with Gasteiger partial charge in [-0.2, -0.15) is 0 Å². The molecule has 136 valence electrons. The zero-order chi connectivity index (χ0) is 17.2. The molecule has 0 spiro atoms. The molecule has 3 atom stereocenters. The first kappa shape index (κ1) is 19.2. The summed E-state index contributed by atoms with van der Waals surface area (Å²) < 4.78 is 16.8. The second-order valence-electron chi connectivity index (χ2n) is 6.41. The first-order valence-corrected chi connectivity index (χ1v) is 8.92. The van der Waals surface area contributed by atoms with E-state index in [1.165, 1.54) is 5.56 Å². The molecule has 0 amide bonds. The van der Waals surface area contributed by atoms with Crippen LogP contribution < -0.4 is 10.1 Å². The molecule has 1 heterocycles. The SMILES string of the molecule is COCCCOc1ccc([C@@H]2CCNC[C@H]2OCC[C@H](C)O)cc1. The van der Waals surface area contributed by atoms with Gasteiger partial charge in [-0.05, 0) is 44.0 Å². The standard InChI is InChI=1S/C19H31NO4/c1-15(21)9-13-24-19-14-20-10-8-18(19)16-4-6-17(7-5-16)23-12-3-11-22-2/h4-7,15,18-21H,3,8-14H2,1-2H3/t15-,18-,19+/m0/s1. The van der Waals surface area contributed by atoms with Gasteiger partial charge in [-0.25, -0.2) is 0 Å². The van der Waals surface area contributed by atoms with E-state index in [1.54, 1.807) is 14.0 Å². The van der Waals surface area contributed by atoms with E-state index in [0.29, 0.717) is 25.6 Å². The van der Waals surface area contributed by atoms with Gasteiger partial charge in [0.05, 0.1) is 18.8 Å². The smallest absolute Gasteiger partial charge is 0.119 e. The Morgan fingerprint density at radius 3 is 2.71 bits per heavy atom. The molecule has 1 fully saturated rings. The quantitative estimate of drug-likeness (QED) is 0.642. The molecule has 1 saturated heterocycles. The van der Waals surface area contributed by atoms with Crippen LogP contribution in [0.1, 0.15) is 37.7 Å². The minimum atomic E-state index is -0.311. The number of methoxy groups -OCH3 is 1. The van der Waals surface area contributed by atoms with Crippen molar-refractivity contribution in [3.63, 3.8) is 0 Å². The van der Waals surface area contributed by atoms with Crippen LogP contribution >= 0.6 is 0 Å². The van der Waals surface area contributed by atoms with Gasteiger partial charge in [0.1, 0.15) is 5.75 Å². The molecule has 5 nitrogen and oxygen atoms in total. The number of aliphatic hydroxyl groups is 1. The van der Waals surface area contributed by atoms with E-state index in [2.05, 4.69) is 17.4 Å². The predicted molar refractivity (Wildman–Crippen MR) is 94.7 cm³/mol. The number of hydrogen-bond donors (Lipinski definition) is 2. The number of nitrogens with one attached hydrogen (secondary N) is 1. The summed E-state index contributed by atoms with van der Waals surface area (Å²) >= 11 is 0. The number of hydrogen-bond acceptors (Lipinski definition) is 5. The number of aliphatic hydroxyl groups excluding tert-OH is 1. The summed E-state index contributed by atoms with van der Waals surface area (Å²) in [4.78, 5) is 0. The van der Waals surface area contributed by atoms with Crippen LogP contribution in [-0.4, -0.2) is 57.3 Å². The maximum absolute atomic E-state index is 9.38. The minimum absolute atomic E-state index is 0.158. The second-order valence-corrected chi connectivity index (χ2v) is 6.41. The molecule has 0 radical (unpaired) electrons. The molecular weight excluding hydrogens is 306 g/mol. The third-order valence-corrected chi connectivity index (χ3v) is 4.36. The lowest BCUT2D eigenvalue weighted by molar-refractivity contribution is 0.00648. The van der Waals surface area contributed by atoms with Crippen molar-refractivity contribution in [3.05, 3.63) is 29.8 Å². The molecule has 1 aliphatic heterocycles. The third kappa shape index (κ3) is 6.40. The molecule has 2 N–H and O–H groups in total. The molecule has 5 heteroatoms. The Bertz CT molecular complexity index is 449. The summed E-state index contributed by atoms with van der Waals surface area (Å²) in [5, 5.41) is 12.8. The largest absolute Gasteiger partial charge is 0.494 e. The maximum Gasteiger partial charge on any atom is 0.119 e. The van der Waals surface area contributed by atoms with Crippen molar-refractivity contribution in [2.75, 3.05) is 40.0 Å². The number of benzene rings is 1. The lowest BCUT2D eigenvalue weighted by Gasteiger charge is -2.32. The highest BCUT2D eigenvalue weighted by atomic mass is 16.5. The van der Waals surface area contributed by atoms with Crippen LogP contribution in [0.5, 0.6) is 5.75 Å². The van der Waals surface area contributed by atoms with E-state index in [1.807, 2.05) is 12.1 Å². The van der Waals surface area contributed by atoms with Crippen LogP contribution in [0.2, 0.25) is 0 Å². The summed E-state index contributed by atoms with van der Waals surface area (Å²) in [5.74, 6) is 1.29. The molecule has 0 saturated carbocycles. The van der Waals surface area contributed by atoms with Crippen molar-refractivity contribution < 1.29 is 19.3 Å². The normalized spacial score (nSPS) is 22.3. The van der Waals surface area contributed by atoms with Crippen molar-refractivity contribution in [2.24, 2.45) is 0 Å². The van der Waals surface area contributed by atoms with Crippen LogP contribution in [0.3, 0.4) is 0 Å². The van der Waals surface area contributed by atoms with Crippen LogP contribution in [-0.2, 0) is 9.47 Å². The summed E-state index contributed by atoms with van der Waals surface area (Å²) in [6, 6.07) is 8.37. The Kier molecular flexibility index (Phi) is 8.53. The van der Waals surface area contributed by atoms with Crippen molar-refractivity contribution in [1.29, 1.82) is 0 Å². The maximum atomic E-state index is 9.38. The van der Waals surface area contributed by atoms with Crippen molar-refractivity contribution in [1.82, 2.24) is 5.32 Å². The van der Waals surface area contributed by atoms with Gasteiger partial charge in [0, 0.05) is 39.2 Å². The number of rotatable bonds is 10. The molecule has 24 heavy (non-hydrogen) atoms. The zero-order valence-corrected chi connectivity index (χ0v) is 14.9. The minimum Gasteiger partial charge on any atom is -0.494 e. The highest BCUT2D eigenvalue weighted by molar-refractivity contribution is 5.30. The molecule has 1 aromatic rings. The van der Waals surface area contributed by atoms with Crippen LogP contribution in [0.4, 0.5) is 0 Å². The van der Waals surface area contributed by atoms with E-state index in [9.17, 15) is 5.11 Å². The summed E-state index contributed by atoms with van der Waals surface area (Å²) in [5.41, 5.74) is 1.29. The molecule has 1 aliphatic rings. The van der Waals surface area contributed by atoms with Gasteiger partial charge in [0.15, 0.2) is 0 Å². The Morgan fingerprint density at radius 2 is 2.00 bits per heavy atom. The first-order chi connectivity index (χ1) is 11.7. The molecule has 0 unspecified atom stereocenters. The van der Waals surface area contributed by atoms with E-state index < -0.39 is 0 Å². The van der Waals surface area contributed by atoms with E-state index in [0.717, 1.165) is 38.3 Å². The molecular formula is C19H31NO4. The van der Waals surface area contributed by atoms with Gasteiger partial charge in [-0.3, -0.25) is 0 Å². The summed E-state index contributed by atoms with van der Waals surface area (Å²) in [7, 11) is 1.70. The average Bonchev–Trinajstić information content (AvgIpc) is 2.59. The topological polar surface area (TPSA) is 60.0 Å². The fourth-order valence-electron chi connectivity index (χ4n) is 2.98. The highest BCUT2D eigenvalue weighted by Gasteiger charge is 2.27. The predicted octanol–water partition coefficient (Wildman–Crippen LogP) is 2.33. The first-order valence-electron chi connectivity index (χ1n) is 8.92. The van der Waals surface area contributed by atoms with Gasteiger partial charge in [0.2, 0.25) is 0 Å². The monoisotopic (exact) mass is 337 g/mol. The lowest BCUT2D eigenvalue weighted by Crippen LogP contribution is -2.41. The van der Waals surface area contributed by atoms with Gasteiger partial charge in [0.25, 0.3) is 0 Å². The Balaban J connectivity index is 1.87. The van der Waals surface area contributed by atoms with Crippen LogP contribution in [0.15, 0.2) is 24.3 Å². The highest BCUT2D eigenvalue weighted by Crippen LogP contribution is 2.29. The number of ether oxygens (including phenoxy) is 3.